The molecule has 1 atom stereocenters. The van der Waals surface area contributed by atoms with Crippen LogP contribution in [0.2, 0.25) is 0 Å². The maximum atomic E-state index is 11.4. The molecule has 0 unspecified atom stereocenters. The molecule has 1 N–H and O–H groups in total. The zero-order valence-corrected chi connectivity index (χ0v) is 9.25. The van der Waals surface area contributed by atoms with Gasteiger partial charge in [0.1, 0.15) is 5.75 Å². The highest BCUT2D eigenvalue weighted by Gasteiger charge is 2.29. The minimum absolute atomic E-state index is 0.162. The lowest BCUT2D eigenvalue weighted by Crippen LogP contribution is -2.36. The van der Waals surface area contributed by atoms with Crippen molar-refractivity contribution >= 4 is 10.3 Å². The molecule has 0 amide bonds. The molecule has 1 aliphatic rings. The summed E-state index contributed by atoms with van der Waals surface area (Å²) in [5.74, 6) is 0.440. The van der Waals surface area contributed by atoms with Crippen LogP contribution in [0.15, 0.2) is 24.3 Å². The normalized spacial score (nSPS) is 22.9. The van der Waals surface area contributed by atoms with Gasteiger partial charge in [-0.1, -0.05) is 31.5 Å². The maximum Gasteiger partial charge on any atom is 0.383 e. The Hall–Kier alpha value is -1.07. The molecular formula is C10H13NO3S. The third kappa shape index (κ3) is 2.13. The van der Waals surface area contributed by atoms with Crippen LogP contribution < -0.4 is 8.91 Å². The van der Waals surface area contributed by atoms with Crippen molar-refractivity contribution in [1.29, 1.82) is 0 Å². The summed E-state index contributed by atoms with van der Waals surface area (Å²) in [7, 11) is -3.62. The number of hydrogen-bond donors (Lipinski definition) is 1. The smallest absolute Gasteiger partial charge is 0.371 e. The molecule has 0 aromatic heterocycles. The average Bonchev–Trinajstić information content (AvgIpc) is 2.16. The Balaban J connectivity index is 2.43. The fourth-order valence-electron chi connectivity index (χ4n) is 1.73. The Bertz CT molecular complexity index is 455. The molecule has 4 nitrogen and oxygen atoms in total. The molecule has 0 bridgehead atoms. The first-order chi connectivity index (χ1) is 7.12. The molecule has 0 saturated heterocycles. The Labute approximate surface area is 89.5 Å². The molecule has 1 aromatic rings. The molecule has 1 aliphatic heterocycles. The van der Waals surface area contributed by atoms with Crippen molar-refractivity contribution in [2.45, 2.75) is 25.8 Å². The first kappa shape index (κ1) is 10.4. The van der Waals surface area contributed by atoms with Gasteiger partial charge in [0.05, 0.1) is 6.04 Å². The van der Waals surface area contributed by atoms with Crippen molar-refractivity contribution < 1.29 is 12.6 Å². The van der Waals surface area contributed by atoms with Crippen LogP contribution in [0, 0.1) is 0 Å². The number of nitrogens with one attached hydrogen (secondary N) is 1. The number of fused-ring (bicyclic) bond motifs is 1. The van der Waals surface area contributed by atoms with Gasteiger partial charge in [-0.25, -0.2) is 0 Å². The van der Waals surface area contributed by atoms with Gasteiger partial charge in [-0.2, -0.15) is 13.1 Å². The van der Waals surface area contributed by atoms with E-state index in [-0.39, 0.29) is 6.04 Å². The van der Waals surface area contributed by atoms with Crippen molar-refractivity contribution in [2.24, 2.45) is 0 Å². The van der Waals surface area contributed by atoms with E-state index in [1.165, 1.54) is 0 Å². The van der Waals surface area contributed by atoms with E-state index in [1.54, 1.807) is 12.1 Å². The Morgan fingerprint density at radius 2 is 2.13 bits per heavy atom. The van der Waals surface area contributed by atoms with Crippen LogP contribution in [0.1, 0.15) is 31.4 Å². The number of para-hydroxylation sites is 1. The van der Waals surface area contributed by atoms with Gasteiger partial charge in [0.25, 0.3) is 0 Å². The van der Waals surface area contributed by atoms with E-state index >= 15 is 0 Å². The maximum absolute atomic E-state index is 11.4. The van der Waals surface area contributed by atoms with Gasteiger partial charge in [0.15, 0.2) is 0 Å². The molecule has 0 saturated carbocycles. The van der Waals surface area contributed by atoms with Crippen LogP contribution in [0.3, 0.4) is 0 Å². The van der Waals surface area contributed by atoms with E-state index < -0.39 is 10.3 Å². The number of rotatable bonds is 2. The van der Waals surface area contributed by atoms with Gasteiger partial charge >= 0.3 is 10.3 Å². The van der Waals surface area contributed by atoms with Crippen molar-refractivity contribution in [3.05, 3.63) is 29.8 Å². The monoisotopic (exact) mass is 227 g/mol. The summed E-state index contributed by atoms with van der Waals surface area (Å²) in [4.78, 5) is 0. The molecule has 0 fully saturated rings. The topological polar surface area (TPSA) is 55.4 Å². The number of benzene rings is 1. The highest BCUT2D eigenvalue weighted by molar-refractivity contribution is 7.85. The minimum Gasteiger partial charge on any atom is -0.371 e. The predicted molar refractivity (Wildman–Crippen MR) is 56.8 cm³/mol. The summed E-state index contributed by atoms with van der Waals surface area (Å²) in [6.07, 6.45) is 1.70. The van der Waals surface area contributed by atoms with Crippen molar-refractivity contribution in [3.8, 4) is 5.75 Å². The van der Waals surface area contributed by atoms with E-state index in [0.29, 0.717) is 5.75 Å². The lowest BCUT2D eigenvalue weighted by molar-refractivity contribution is 0.419. The lowest BCUT2D eigenvalue weighted by Gasteiger charge is -2.25. The highest BCUT2D eigenvalue weighted by atomic mass is 32.2. The van der Waals surface area contributed by atoms with Gasteiger partial charge in [0, 0.05) is 5.56 Å². The van der Waals surface area contributed by atoms with E-state index in [9.17, 15) is 8.42 Å². The van der Waals surface area contributed by atoms with Gasteiger partial charge in [-0.15, -0.1) is 0 Å². The molecule has 2 rings (SSSR count). The molecule has 5 heteroatoms. The lowest BCUT2D eigenvalue weighted by atomic mass is 10.0. The van der Waals surface area contributed by atoms with Crippen LogP contribution in [0.4, 0.5) is 0 Å². The fraction of sp³-hybridized carbons (Fsp3) is 0.400. The second kappa shape index (κ2) is 3.83. The first-order valence-electron chi connectivity index (χ1n) is 4.93. The minimum atomic E-state index is -3.62. The molecule has 0 spiro atoms. The van der Waals surface area contributed by atoms with E-state index in [2.05, 4.69) is 4.72 Å². The summed E-state index contributed by atoms with van der Waals surface area (Å²) in [5.41, 5.74) is 0.911. The largest absolute Gasteiger partial charge is 0.383 e. The summed E-state index contributed by atoms with van der Waals surface area (Å²) < 4.78 is 30.1. The van der Waals surface area contributed by atoms with Gasteiger partial charge in [-0.3, -0.25) is 0 Å². The molecule has 0 radical (unpaired) electrons. The molecule has 15 heavy (non-hydrogen) atoms. The van der Waals surface area contributed by atoms with Crippen molar-refractivity contribution in [3.63, 3.8) is 0 Å². The average molecular weight is 227 g/mol. The third-order valence-electron chi connectivity index (χ3n) is 2.36. The SMILES string of the molecule is CCC[C@@H]1NS(=O)(=O)Oc2ccccc21. The molecule has 82 valence electrons. The van der Waals surface area contributed by atoms with E-state index in [4.69, 9.17) is 4.18 Å². The predicted octanol–water partition coefficient (Wildman–Crippen LogP) is 1.75. The zero-order chi connectivity index (χ0) is 10.9. The summed E-state index contributed by atoms with van der Waals surface area (Å²) in [6.45, 7) is 2.02. The summed E-state index contributed by atoms with van der Waals surface area (Å²) in [5, 5.41) is 0. The highest BCUT2D eigenvalue weighted by Crippen LogP contribution is 2.32. The van der Waals surface area contributed by atoms with Crippen molar-refractivity contribution in [2.75, 3.05) is 0 Å². The summed E-state index contributed by atoms with van der Waals surface area (Å²) in [6, 6.07) is 7.05. The fourth-order valence-corrected chi connectivity index (χ4v) is 2.76. The molecule has 1 heterocycles. The van der Waals surface area contributed by atoms with Gasteiger partial charge in [0.2, 0.25) is 0 Å². The quantitative estimate of drug-likeness (QED) is 0.837. The summed E-state index contributed by atoms with van der Waals surface area (Å²) >= 11 is 0. The van der Waals surface area contributed by atoms with Crippen molar-refractivity contribution in [1.82, 2.24) is 4.72 Å². The van der Waals surface area contributed by atoms with Gasteiger partial charge < -0.3 is 4.18 Å². The first-order valence-corrected chi connectivity index (χ1v) is 6.34. The molecule has 1 aromatic carbocycles. The Morgan fingerprint density at radius 1 is 1.40 bits per heavy atom. The van der Waals surface area contributed by atoms with Crippen LogP contribution in [-0.2, 0) is 10.3 Å². The second-order valence-corrected chi connectivity index (χ2v) is 4.85. The van der Waals surface area contributed by atoms with Crippen LogP contribution in [-0.4, -0.2) is 8.42 Å². The standard InChI is InChI=1S/C10H13NO3S/c1-2-5-9-8-6-3-4-7-10(8)14-15(12,13)11-9/h3-4,6-7,9,11H,2,5H2,1H3/t9-/m0/s1. The van der Waals surface area contributed by atoms with Gasteiger partial charge in [-0.05, 0) is 12.5 Å². The number of hydrogen-bond acceptors (Lipinski definition) is 3. The Morgan fingerprint density at radius 3 is 2.87 bits per heavy atom. The van der Waals surface area contributed by atoms with Crippen LogP contribution in [0.25, 0.3) is 0 Å². The third-order valence-corrected chi connectivity index (χ3v) is 3.33. The van der Waals surface area contributed by atoms with E-state index in [0.717, 1.165) is 18.4 Å². The molecule has 0 aliphatic carbocycles. The second-order valence-electron chi connectivity index (χ2n) is 3.53. The Kier molecular flexibility index (Phi) is 2.67. The van der Waals surface area contributed by atoms with Crippen LogP contribution in [0.5, 0.6) is 5.75 Å². The van der Waals surface area contributed by atoms with E-state index in [1.807, 2.05) is 19.1 Å². The zero-order valence-electron chi connectivity index (χ0n) is 8.43. The van der Waals surface area contributed by atoms with Crippen LogP contribution >= 0.6 is 0 Å². The molecular weight excluding hydrogens is 214 g/mol.